The average Bonchev–Trinajstić information content (AvgIpc) is 2.86. The number of rotatable bonds is 7. The van der Waals surface area contributed by atoms with E-state index in [9.17, 15) is 0 Å². The van der Waals surface area contributed by atoms with Crippen LogP contribution in [-0.2, 0) is 0 Å². The van der Waals surface area contributed by atoms with Crippen LogP contribution in [0.4, 0.5) is 0 Å². The van der Waals surface area contributed by atoms with Crippen LogP contribution < -0.4 is 5.73 Å². The molecule has 0 aliphatic heterocycles. The molecule has 1 fully saturated rings. The molecule has 0 spiro atoms. The SMILES string of the molecule is CC(C)N(CCC(N)=S)CCC1CC1. The molecule has 14 heavy (non-hydrogen) atoms. The minimum absolute atomic E-state index is 0.614. The van der Waals surface area contributed by atoms with E-state index in [1.54, 1.807) is 0 Å². The molecule has 0 bridgehead atoms. The molecule has 82 valence electrons. The van der Waals surface area contributed by atoms with Gasteiger partial charge in [0.05, 0.1) is 4.99 Å². The minimum atomic E-state index is 0.614. The first-order valence-corrected chi connectivity index (χ1v) is 6.02. The maximum atomic E-state index is 5.51. The molecule has 0 atom stereocenters. The smallest absolute Gasteiger partial charge is 0.0740 e. The molecule has 1 saturated carbocycles. The van der Waals surface area contributed by atoms with Gasteiger partial charge in [-0.1, -0.05) is 25.1 Å². The van der Waals surface area contributed by atoms with Gasteiger partial charge in [0, 0.05) is 19.0 Å². The van der Waals surface area contributed by atoms with Crippen molar-refractivity contribution in [3.05, 3.63) is 0 Å². The van der Waals surface area contributed by atoms with Gasteiger partial charge in [-0.05, 0) is 32.7 Å². The zero-order valence-corrected chi connectivity index (χ0v) is 10.1. The second kappa shape index (κ2) is 5.66. The third-order valence-electron chi connectivity index (χ3n) is 2.90. The number of hydrogen-bond acceptors (Lipinski definition) is 2. The molecule has 0 radical (unpaired) electrons. The van der Waals surface area contributed by atoms with Crippen molar-refractivity contribution < 1.29 is 0 Å². The lowest BCUT2D eigenvalue weighted by Gasteiger charge is -2.26. The minimum Gasteiger partial charge on any atom is -0.393 e. The Balaban J connectivity index is 2.18. The van der Waals surface area contributed by atoms with Crippen LogP contribution in [0.5, 0.6) is 0 Å². The monoisotopic (exact) mass is 214 g/mol. The Morgan fingerprint density at radius 3 is 2.50 bits per heavy atom. The van der Waals surface area contributed by atoms with Gasteiger partial charge < -0.3 is 10.6 Å². The van der Waals surface area contributed by atoms with E-state index >= 15 is 0 Å². The van der Waals surface area contributed by atoms with Gasteiger partial charge in [0.2, 0.25) is 0 Å². The molecular weight excluding hydrogens is 192 g/mol. The summed E-state index contributed by atoms with van der Waals surface area (Å²) in [7, 11) is 0. The Hall–Kier alpha value is -0.150. The molecule has 1 rings (SSSR count). The predicted molar refractivity (Wildman–Crippen MR) is 65.5 cm³/mol. The molecule has 2 N–H and O–H groups in total. The largest absolute Gasteiger partial charge is 0.393 e. The topological polar surface area (TPSA) is 29.3 Å². The normalized spacial score (nSPS) is 16.6. The van der Waals surface area contributed by atoms with Crippen LogP contribution in [0.15, 0.2) is 0 Å². The zero-order valence-electron chi connectivity index (χ0n) is 9.33. The van der Waals surface area contributed by atoms with Crippen molar-refractivity contribution in [1.29, 1.82) is 0 Å². The molecule has 0 unspecified atom stereocenters. The van der Waals surface area contributed by atoms with E-state index < -0.39 is 0 Å². The Labute approximate surface area is 92.8 Å². The third-order valence-corrected chi connectivity index (χ3v) is 3.10. The Morgan fingerprint density at radius 2 is 2.07 bits per heavy atom. The second-order valence-electron chi connectivity index (χ2n) is 4.58. The van der Waals surface area contributed by atoms with Crippen molar-refractivity contribution in [2.75, 3.05) is 13.1 Å². The van der Waals surface area contributed by atoms with Crippen molar-refractivity contribution in [1.82, 2.24) is 4.90 Å². The number of hydrogen-bond donors (Lipinski definition) is 1. The van der Waals surface area contributed by atoms with Crippen LogP contribution in [0.2, 0.25) is 0 Å². The van der Waals surface area contributed by atoms with Gasteiger partial charge in [0.1, 0.15) is 0 Å². The van der Waals surface area contributed by atoms with E-state index in [0.717, 1.165) is 18.9 Å². The van der Waals surface area contributed by atoms with E-state index in [2.05, 4.69) is 18.7 Å². The highest BCUT2D eigenvalue weighted by molar-refractivity contribution is 7.80. The molecule has 0 aromatic heterocycles. The van der Waals surface area contributed by atoms with Gasteiger partial charge in [-0.15, -0.1) is 0 Å². The van der Waals surface area contributed by atoms with E-state index in [4.69, 9.17) is 18.0 Å². The lowest BCUT2D eigenvalue weighted by molar-refractivity contribution is 0.221. The summed E-state index contributed by atoms with van der Waals surface area (Å²) in [5, 5.41) is 0. The van der Waals surface area contributed by atoms with Crippen LogP contribution in [-0.4, -0.2) is 29.0 Å². The van der Waals surface area contributed by atoms with Crippen LogP contribution in [0.25, 0.3) is 0 Å². The summed E-state index contributed by atoms with van der Waals surface area (Å²) in [4.78, 5) is 3.12. The first-order chi connectivity index (χ1) is 6.59. The number of nitrogens with two attached hydrogens (primary N) is 1. The molecule has 0 saturated heterocycles. The molecule has 0 amide bonds. The van der Waals surface area contributed by atoms with E-state index in [1.165, 1.54) is 25.8 Å². The Kier molecular flexibility index (Phi) is 4.82. The highest BCUT2D eigenvalue weighted by Crippen LogP contribution is 2.32. The fourth-order valence-corrected chi connectivity index (χ4v) is 1.73. The van der Waals surface area contributed by atoms with Crippen molar-refractivity contribution in [2.24, 2.45) is 11.7 Å². The molecule has 1 aliphatic carbocycles. The Bertz CT molecular complexity index is 188. The third kappa shape index (κ3) is 4.91. The fraction of sp³-hybridized carbons (Fsp3) is 0.909. The van der Waals surface area contributed by atoms with E-state index in [-0.39, 0.29) is 0 Å². The summed E-state index contributed by atoms with van der Waals surface area (Å²) in [6.45, 7) is 6.73. The van der Waals surface area contributed by atoms with Gasteiger partial charge in [0.25, 0.3) is 0 Å². The summed E-state index contributed by atoms with van der Waals surface area (Å²) >= 11 is 4.90. The average molecular weight is 214 g/mol. The van der Waals surface area contributed by atoms with Crippen LogP contribution >= 0.6 is 12.2 Å². The van der Waals surface area contributed by atoms with Crippen LogP contribution in [0.1, 0.15) is 39.5 Å². The van der Waals surface area contributed by atoms with Gasteiger partial charge >= 0.3 is 0 Å². The number of nitrogens with zero attached hydrogens (tertiary/aromatic N) is 1. The van der Waals surface area contributed by atoms with Crippen molar-refractivity contribution in [3.8, 4) is 0 Å². The summed E-state index contributed by atoms with van der Waals surface area (Å²) in [6, 6.07) is 0.614. The summed E-state index contributed by atoms with van der Waals surface area (Å²) in [5.74, 6) is 1.01. The van der Waals surface area contributed by atoms with Gasteiger partial charge in [0.15, 0.2) is 0 Å². The first kappa shape index (κ1) is 11.9. The van der Waals surface area contributed by atoms with Crippen LogP contribution in [0, 0.1) is 5.92 Å². The molecule has 0 heterocycles. The molecule has 3 heteroatoms. The van der Waals surface area contributed by atoms with Crippen molar-refractivity contribution >= 4 is 17.2 Å². The highest BCUT2D eigenvalue weighted by atomic mass is 32.1. The van der Waals surface area contributed by atoms with Crippen molar-refractivity contribution in [2.45, 2.75) is 45.6 Å². The maximum absolute atomic E-state index is 5.51. The number of thiocarbonyl (C=S) groups is 1. The standard InChI is InChI=1S/C11H22N2S/c1-9(2)13(8-6-11(12)14)7-5-10-3-4-10/h9-10H,3-8H2,1-2H3,(H2,12,14). The molecular formula is C11H22N2S. The quantitative estimate of drug-likeness (QED) is 0.659. The van der Waals surface area contributed by atoms with Gasteiger partial charge in [-0.3, -0.25) is 0 Å². The van der Waals surface area contributed by atoms with E-state index in [1.807, 2.05) is 0 Å². The maximum Gasteiger partial charge on any atom is 0.0740 e. The Morgan fingerprint density at radius 1 is 1.43 bits per heavy atom. The van der Waals surface area contributed by atoms with Crippen molar-refractivity contribution in [3.63, 3.8) is 0 Å². The lowest BCUT2D eigenvalue weighted by Crippen LogP contribution is -2.34. The van der Waals surface area contributed by atoms with Crippen LogP contribution in [0.3, 0.4) is 0 Å². The molecule has 0 aromatic rings. The summed E-state index contributed by atoms with van der Waals surface area (Å²) in [5.41, 5.74) is 5.51. The zero-order chi connectivity index (χ0) is 10.6. The van der Waals surface area contributed by atoms with Gasteiger partial charge in [-0.25, -0.2) is 0 Å². The molecule has 2 nitrogen and oxygen atoms in total. The van der Waals surface area contributed by atoms with E-state index in [0.29, 0.717) is 11.0 Å². The molecule has 0 aromatic carbocycles. The highest BCUT2D eigenvalue weighted by Gasteiger charge is 2.22. The first-order valence-electron chi connectivity index (χ1n) is 5.62. The summed E-state index contributed by atoms with van der Waals surface area (Å²) < 4.78 is 0. The molecule has 1 aliphatic rings. The predicted octanol–water partition coefficient (Wildman–Crippen LogP) is 2.17. The fourth-order valence-electron chi connectivity index (χ4n) is 1.64. The van der Waals surface area contributed by atoms with Gasteiger partial charge in [-0.2, -0.15) is 0 Å². The lowest BCUT2D eigenvalue weighted by atomic mass is 10.2. The summed E-state index contributed by atoms with van der Waals surface area (Å²) in [6.07, 6.45) is 5.11. The second-order valence-corrected chi connectivity index (χ2v) is 5.10.